The topological polar surface area (TPSA) is 111 Å². The number of nitrogen functional groups attached to an aromatic ring is 1. The number of ether oxygens (including phenoxy) is 1. The van der Waals surface area contributed by atoms with E-state index in [1.807, 2.05) is 0 Å². The molecule has 196 valence electrons. The summed E-state index contributed by atoms with van der Waals surface area (Å²) in [6.07, 6.45) is -2.08. The Labute approximate surface area is 208 Å². The van der Waals surface area contributed by atoms with Crippen molar-refractivity contribution in [3.63, 3.8) is 0 Å². The monoisotopic (exact) mass is 519 g/mol. The molecule has 0 radical (unpaired) electrons. The van der Waals surface area contributed by atoms with Crippen LogP contribution in [-0.2, 0) is 11.3 Å². The summed E-state index contributed by atoms with van der Waals surface area (Å²) in [5.41, 5.74) is 7.21. The van der Waals surface area contributed by atoms with E-state index >= 15 is 4.39 Å². The van der Waals surface area contributed by atoms with Gasteiger partial charge in [-0.1, -0.05) is 0 Å². The quantitative estimate of drug-likeness (QED) is 0.374. The number of aryl methyl sites for hydroxylation is 1. The van der Waals surface area contributed by atoms with E-state index in [0.717, 1.165) is 6.20 Å². The maximum Gasteiger partial charge on any atom is 0.256 e. The second-order valence-electron chi connectivity index (χ2n) is 9.41. The summed E-state index contributed by atoms with van der Waals surface area (Å²) < 4.78 is 64.0. The highest BCUT2D eigenvalue weighted by molar-refractivity contribution is 5.89. The van der Waals surface area contributed by atoms with Gasteiger partial charge in [0.25, 0.3) is 6.43 Å². The van der Waals surface area contributed by atoms with Gasteiger partial charge in [0.1, 0.15) is 23.0 Å². The zero-order chi connectivity index (χ0) is 25.8. The van der Waals surface area contributed by atoms with E-state index in [4.69, 9.17) is 10.5 Å². The summed E-state index contributed by atoms with van der Waals surface area (Å²) in [4.78, 5) is 15.0. The number of pyridine rings is 1. The number of fused-ring (bicyclic) bond motifs is 2. The Morgan fingerprint density at radius 3 is 2.73 bits per heavy atom. The van der Waals surface area contributed by atoms with E-state index in [9.17, 15) is 13.2 Å². The second kappa shape index (κ2) is 9.10. The molecule has 0 aliphatic carbocycles. The van der Waals surface area contributed by atoms with Crippen LogP contribution >= 0.6 is 0 Å². The van der Waals surface area contributed by atoms with Crippen molar-refractivity contribution in [2.75, 3.05) is 37.4 Å². The van der Waals surface area contributed by atoms with Gasteiger partial charge in [-0.05, 0) is 25.5 Å². The molecule has 2 aliphatic rings. The molecule has 0 spiro atoms. The molecular weight excluding hydrogens is 494 g/mol. The summed E-state index contributed by atoms with van der Waals surface area (Å²) in [5.74, 6) is -0.247. The first kappa shape index (κ1) is 23.9. The third-order valence-electron chi connectivity index (χ3n) is 7.00. The minimum absolute atomic E-state index is 0.0324. The van der Waals surface area contributed by atoms with Gasteiger partial charge in [0.15, 0.2) is 17.3 Å². The molecule has 0 saturated carbocycles. The van der Waals surface area contributed by atoms with Crippen molar-refractivity contribution in [2.24, 2.45) is 0 Å². The predicted molar refractivity (Wildman–Crippen MR) is 128 cm³/mol. The first-order valence-corrected chi connectivity index (χ1v) is 12.0. The number of halogens is 4. The number of nitrogens with zero attached hydrogens (tertiary/aromatic N) is 7. The van der Waals surface area contributed by atoms with Crippen LogP contribution in [0.2, 0.25) is 0 Å². The number of imidazole rings is 1. The molecule has 37 heavy (non-hydrogen) atoms. The van der Waals surface area contributed by atoms with E-state index in [2.05, 4.69) is 30.3 Å². The SMILES string of the molecule is Cc1nc2ccc(-c3c(F)cn4nc(N[C@@H]5CCN(C6COC6)C[C@@H]5F)nc(N)c34)nc2n1CC(F)F. The number of likely N-dealkylation sites (tertiary alicyclic amines) is 1. The molecular formula is C23H25F4N9O. The Hall–Kier alpha value is -3.52. The average Bonchev–Trinajstić information content (AvgIpc) is 3.29. The number of rotatable bonds is 6. The fraction of sp³-hybridized carbons (Fsp3) is 0.478. The largest absolute Gasteiger partial charge is 0.382 e. The van der Waals surface area contributed by atoms with Crippen LogP contribution < -0.4 is 11.1 Å². The number of alkyl halides is 3. The molecule has 6 heterocycles. The third-order valence-corrected chi connectivity index (χ3v) is 7.00. The highest BCUT2D eigenvalue weighted by atomic mass is 19.3. The smallest absolute Gasteiger partial charge is 0.256 e. The van der Waals surface area contributed by atoms with Gasteiger partial charge < -0.3 is 20.4 Å². The highest BCUT2D eigenvalue weighted by Gasteiger charge is 2.35. The lowest BCUT2D eigenvalue weighted by Gasteiger charge is -2.42. The average molecular weight is 520 g/mol. The third kappa shape index (κ3) is 4.23. The molecule has 2 atom stereocenters. The molecule has 3 N–H and O–H groups in total. The summed E-state index contributed by atoms with van der Waals surface area (Å²) in [7, 11) is 0. The molecule has 10 nitrogen and oxygen atoms in total. The van der Waals surface area contributed by atoms with Gasteiger partial charge in [-0.25, -0.2) is 32.0 Å². The summed E-state index contributed by atoms with van der Waals surface area (Å²) in [6.45, 7) is 3.26. The van der Waals surface area contributed by atoms with Gasteiger partial charge in [-0.2, -0.15) is 4.98 Å². The number of nitrogens with one attached hydrogen (secondary N) is 1. The first-order chi connectivity index (χ1) is 17.8. The van der Waals surface area contributed by atoms with E-state index in [1.54, 1.807) is 19.1 Å². The van der Waals surface area contributed by atoms with Crippen LogP contribution in [0.3, 0.4) is 0 Å². The van der Waals surface area contributed by atoms with Crippen molar-refractivity contribution >= 4 is 28.4 Å². The molecule has 2 saturated heterocycles. The van der Waals surface area contributed by atoms with Crippen molar-refractivity contribution in [3.8, 4) is 11.3 Å². The van der Waals surface area contributed by atoms with E-state index in [0.29, 0.717) is 37.5 Å². The number of hydrogen-bond acceptors (Lipinski definition) is 8. The van der Waals surface area contributed by atoms with Crippen LogP contribution in [0.4, 0.5) is 29.3 Å². The zero-order valence-electron chi connectivity index (χ0n) is 19.9. The Kier molecular flexibility index (Phi) is 5.87. The molecule has 2 fully saturated rings. The molecule has 6 rings (SSSR count). The van der Waals surface area contributed by atoms with Crippen molar-refractivity contribution in [1.82, 2.24) is 34.0 Å². The van der Waals surface area contributed by atoms with Crippen LogP contribution in [0.5, 0.6) is 0 Å². The van der Waals surface area contributed by atoms with Gasteiger partial charge in [0.05, 0.1) is 49.3 Å². The van der Waals surface area contributed by atoms with Crippen molar-refractivity contribution in [3.05, 3.63) is 30.0 Å². The molecule has 2 aliphatic heterocycles. The number of piperidine rings is 1. The number of anilines is 2. The Bertz CT molecular complexity index is 1470. The minimum Gasteiger partial charge on any atom is -0.382 e. The number of hydrogen-bond donors (Lipinski definition) is 2. The Balaban J connectivity index is 1.30. The summed E-state index contributed by atoms with van der Waals surface area (Å²) in [6, 6.07) is 2.87. The van der Waals surface area contributed by atoms with E-state index in [1.165, 1.54) is 9.08 Å². The lowest BCUT2D eigenvalue weighted by molar-refractivity contribution is -0.0794. The van der Waals surface area contributed by atoms with Crippen molar-refractivity contribution < 1.29 is 22.3 Å². The number of nitrogens with two attached hydrogens (primary N) is 1. The van der Waals surface area contributed by atoms with Gasteiger partial charge in [-0.15, -0.1) is 5.10 Å². The lowest BCUT2D eigenvalue weighted by Crippen LogP contribution is -2.57. The van der Waals surface area contributed by atoms with Gasteiger partial charge in [0, 0.05) is 13.1 Å². The number of aromatic nitrogens is 6. The fourth-order valence-corrected chi connectivity index (χ4v) is 5.02. The van der Waals surface area contributed by atoms with E-state index < -0.39 is 31.0 Å². The minimum atomic E-state index is -2.60. The molecule has 0 unspecified atom stereocenters. The zero-order valence-corrected chi connectivity index (χ0v) is 19.9. The van der Waals surface area contributed by atoms with Gasteiger partial charge in [0.2, 0.25) is 5.95 Å². The van der Waals surface area contributed by atoms with Crippen molar-refractivity contribution in [1.29, 1.82) is 0 Å². The molecule has 0 aromatic carbocycles. The van der Waals surface area contributed by atoms with Crippen molar-refractivity contribution in [2.45, 2.75) is 44.6 Å². The molecule has 4 aromatic rings. The van der Waals surface area contributed by atoms with Crippen LogP contribution in [0.15, 0.2) is 18.3 Å². The standard InChI is InChI=1S/C23H25F4N9O/c1-11-29-17-3-2-16(30-22(17)35(11)8-18(26)27)19-14(25)7-36-20(19)21(28)32-23(33-36)31-15-4-5-34(6-13(15)24)12-9-37-10-12/h2-3,7,12-13,15,18H,4-6,8-10H2,1H3,(H3,28,31,32,33)/t13-,15+/m0/s1. The Morgan fingerprint density at radius 2 is 2.03 bits per heavy atom. The van der Waals surface area contributed by atoms with Gasteiger partial charge in [-0.3, -0.25) is 4.90 Å². The Morgan fingerprint density at radius 1 is 1.22 bits per heavy atom. The maximum atomic E-state index is 15.2. The van der Waals surface area contributed by atoms with Crippen LogP contribution in [-0.4, -0.2) is 85.0 Å². The predicted octanol–water partition coefficient (Wildman–Crippen LogP) is 2.66. The second-order valence-corrected chi connectivity index (χ2v) is 9.41. The van der Waals surface area contributed by atoms with Crippen LogP contribution in [0.25, 0.3) is 27.9 Å². The van der Waals surface area contributed by atoms with Crippen LogP contribution in [0, 0.1) is 12.7 Å². The highest BCUT2D eigenvalue weighted by Crippen LogP contribution is 2.32. The maximum absolute atomic E-state index is 15.2. The van der Waals surface area contributed by atoms with Crippen LogP contribution in [0.1, 0.15) is 12.2 Å². The molecule has 14 heteroatoms. The fourth-order valence-electron chi connectivity index (χ4n) is 5.02. The first-order valence-electron chi connectivity index (χ1n) is 12.0. The van der Waals surface area contributed by atoms with Gasteiger partial charge >= 0.3 is 0 Å². The summed E-state index contributed by atoms with van der Waals surface area (Å²) in [5, 5.41) is 7.31. The summed E-state index contributed by atoms with van der Waals surface area (Å²) >= 11 is 0. The lowest BCUT2D eigenvalue weighted by atomic mass is 10.0. The normalized spacial score (nSPS) is 21.2. The molecule has 4 aromatic heterocycles. The molecule has 0 amide bonds. The molecule has 0 bridgehead atoms. The van der Waals surface area contributed by atoms with E-state index in [-0.39, 0.29) is 46.8 Å².